The summed E-state index contributed by atoms with van der Waals surface area (Å²) in [7, 11) is 1.89. The number of aliphatic imine (C=N–C) groups is 1. The lowest BCUT2D eigenvalue weighted by atomic mass is 10.2. The highest BCUT2D eigenvalue weighted by molar-refractivity contribution is 14.0. The monoisotopic (exact) mass is 422 g/mol. The summed E-state index contributed by atoms with van der Waals surface area (Å²) in [5, 5.41) is 3.45. The molecule has 0 bridgehead atoms. The molecule has 3 aliphatic rings. The number of hydrogen-bond acceptors (Lipinski definition) is 3. The van der Waals surface area contributed by atoms with Crippen molar-refractivity contribution in [2.24, 2.45) is 10.9 Å². The summed E-state index contributed by atoms with van der Waals surface area (Å²) >= 11 is 0. The van der Waals surface area contributed by atoms with Crippen molar-refractivity contribution in [3.63, 3.8) is 0 Å². The fourth-order valence-electron chi connectivity index (χ4n) is 3.44. The first-order valence-corrected chi connectivity index (χ1v) is 8.64. The molecule has 0 aromatic rings. The van der Waals surface area contributed by atoms with Gasteiger partial charge in [-0.05, 0) is 51.1 Å². The SMILES string of the molecule is CN=C(NCCOCC1CC1)N1CCC(N2CCCC2)C1.I. The maximum absolute atomic E-state index is 5.67. The van der Waals surface area contributed by atoms with Crippen molar-refractivity contribution in [1.82, 2.24) is 15.1 Å². The molecule has 5 nitrogen and oxygen atoms in total. The maximum atomic E-state index is 5.67. The summed E-state index contributed by atoms with van der Waals surface area (Å²) in [5.74, 6) is 1.90. The molecule has 2 heterocycles. The zero-order valence-corrected chi connectivity index (χ0v) is 16.1. The Morgan fingerprint density at radius 1 is 1.18 bits per heavy atom. The van der Waals surface area contributed by atoms with Crippen LogP contribution in [0.4, 0.5) is 0 Å². The molecule has 1 N–H and O–H groups in total. The molecule has 0 amide bonds. The van der Waals surface area contributed by atoms with Crippen molar-refractivity contribution in [2.45, 2.75) is 38.1 Å². The van der Waals surface area contributed by atoms with Crippen molar-refractivity contribution in [2.75, 3.05) is 53.0 Å². The third-order valence-electron chi connectivity index (χ3n) is 4.91. The Labute approximate surface area is 151 Å². The highest BCUT2D eigenvalue weighted by Crippen LogP contribution is 2.28. The lowest BCUT2D eigenvalue weighted by molar-refractivity contribution is 0.128. The lowest BCUT2D eigenvalue weighted by Gasteiger charge is -2.25. The second kappa shape index (κ2) is 9.27. The Balaban J connectivity index is 0.00000176. The summed E-state index contributed by atoms with van der Waals surface area (Å²) in [6.45, 7) is 7.44. The molecule has 0 radical (unpaired) electrons. The zero-order valence-electron chi connectivity index (χ0n) is 13.8. The van der Waals surface area contributed by atoms with E-state index in [2.05, 4.69) is 20.1 Å². The van der Waals surface area contributed by atoms with E-state index in [1.54, 1.807) is 0 Å². The van der Waals surface area contributed by atoms with Crippen LogP contribution in [-0.2, 0) is 4.74 Å². The molecular weight excluding hydrogens is 391 g/mol. The van der Waals surface area contributed by atoms with E-state index in [1.807, 2.05) is 7.05 Å². The van der Waals surface area contributed by atoms with Gasteiger partial charge in [0.15, 0.2) is 5.96 Å². The Morgan fingerprint density at radius 2 is 1.95 bits per heavy atom. The van der Waals surface area contributed by atoms with Gasteiger partial charge in [0.1, 0.15) is 0 Å². The number of ether oxygens (including phenoxy) is 1. The van der Waals surface area contributed by atoms with Gasteiger partial charge in [-0.2, -0.15) is 0 Å². The normalized spacial score (nSPS) is 26.3. The van der Waals surface area contributed by atoms with Crippen LogP contribution in [0.3, 0.4) is 0 Å². The van der Waals surface area contributed by atoms with Crippen LogP contribution >= 0.6 is 24.0 Å². The fraction of sp³-hybridized carbons (Fsp3) is 0.938. The largest absolute Gasteiger partial charge is 0.379 e. The number of hydrogen-bond donors (Lipinski definition) is 1. The van der Waals surface area contributed by atoms with Crippen molar-refractivity contribution >= 4 is 29.9 Å². The number of nitrogens with zero attached hydrogens (tertiary/aromatic N) is 3. The standard InChI is InChI=1S/C16H30N4O.HI/c1-17-16(18-7-11-21-13-14-4-5-14)20-10-6-15(12-20)19-8-2-3-9-19;/h14-15H,2-13H2,1H3,(H,17,18);1H. The van der Waals surface area contributed by atoms with Gasteiger partial charge in [-0.15, -0.1) is 24.0 Å². The number of rotatable bonds is 6. The van der Waals surface area contributed by atoms with Crippen LogP contribution in [0.2, 0.25) is 0 Å². The minimum absolute atomic E-state index is 0. The average molecular weight is 422 g/mol. The molecule has 0 aromatic carbocycles. The average Bonchev–Trinajstić information content (AvgIpc) is 2.98. The number of halogens is 1. The second-order valence-electron chi connectivity index (χ2n) is 6.62. The molecule has 2 aliphatic heterocycles. The molecule has 1 saturated carbocycles. The lowest BCUT2D eigenvalue weighted by Crippen LogP contribution is -2.43. The van der Waals surface area contributed by atoms with Gasteiger partial charge in [-0.25, -0.2) is 0 Å². The van der Waals surface area contributed by atoms with Gasteiger partial charge < -0.3 is 15.0 Å². The highest BCUT2D eigenvalue weighted by atomic mass is 127. The number of guanidine groups is 1. The Hall–Kier alpha value is -0.0800. The van der Waals surface area contributed by atoms with E-state index in [9.17, 15) is 0 Å². The summed E-state index contributed by atoms with van der Waals surface area (Å²) in [4.78, 5) is 9.50. The summed E-state index contributed by atoms with van der Waals surface area (Å²) in [6, 6.07) is 0.733. The predicted octanol–water partition coefficient (Wildman–Crippen LogP) is 1.78. The first-order valence-electron chi connectivity index (χ1n) is 8.64. The van der Waals surface area contributed by atoms with Gasteiger partial charge in [-0.1, -0.05) is 0 Å². The van der Waals surface area contributed by atoms with Crippen LogP contribution in [0.5, 0.6) is 0 Å². The molecule has 128 valence electrons. The molecule has 1 aliphatic carbocycles. The first-order chi connectivity index (χ1) is 10.4. The molecule has 1 atom stereocenters. The molecule has 22 heavy (non-hydrogen) atoms. The van der Waals surface area contributed by atoms with Gasteiger partial charge in [0.2, 0.25) is 0 Å². The van der Waals surface area contributed by atoms with E-state index in [4.69, 9.17) is 4.74 Å². The summed E-state index contributed by atoms with van der Waals surface area (Å²) < 4.78 is 5.67. The zero-order chi connectivity index (χ0) is 14.5. The fourth-order valence-corrected chi connectivity index (χ4v) is 3.44. The van der Waals surface area contributed by atoms with Crippen LogP contribution in [0.15, 0.2) is 4.99 Å². The van der Waals surface area contributed by atoms with E-state index in [0.29, 0.717) is 0 Å². The smallest absolute Gasteiger partial charge is 0.193 e. The minimum atomic E-state index is 0. The van der Waals surface area contributed by atoms with Gasteiger partial charge in [0.25, 0.3) is 0 Å². The van der Waals surface area contributed by atoms with E-state index in [1.165, 1.54) is 45.2 Å². The van der Waals surface area contributed by atoms with Crippen LogP contribution in [0.1, 0.15) is 32.1 Å². The van der Waals surface area contributed by atoms with Crippen LogP contribution in [0.25, 0.3) is 0 Å². The topological polar surface area (TPSA) is 40.1 Å². The third-order valence-corrected chi connectivity index (χ3v) is 4.91. The van der Waals surface area contributed by atoms with Crippen LogP contribution < -0.4 is 5.32 Å². The predicted molar refractivity (Wildman–Crippen MR) is 101 cm³/mol. The molecular formula is C16H31IN4O. The quantitative estimate of drug-likeness (QED) is 0.307. The van der Waals surface area contributed by atoms with Gasteiger partial charge in [0.05, 0.1) is 6.61 Å². The molecule has 0 aromatic heterocycles. The second-order valence-corrected chi connectivity index (χ2v) is 6.62. The molecule has 0 spiro atoms. The third kappa shape index (κ3) is 5.23. The van der Waals surface area contributed by atoms with Crippen LogP contribution in [0, 0.1) is 5.92 Å². The Morgan fingerprint density at radius 3 is 2.64 bits per heavy atom. The van der Waals surface area contributed by atoms with Crippen molar-refractivity contribution < 1.29 is 4.74 Å². The minimum Gasteiger partial charge on any atom is -0.379 e. The summed E-state index contributed by atoms with van der Waals surface area (Å²) in [6.07, 6.45) is 6.75. The molecule has 1 unspecified atom stereocenters. The van der Waals surface area contributed by atoms with Gasteiger partial charge in [0, 0.05) is 39.3 Å². The Bertz CT molecular complexity index is 356. The van der Waals surface area contributed by atoms with Crippen molar-refractivity contribution in [3.05, 3.63) is 0 Å². The van der Waals surface area contributed by atoms with Gasteiger partial charge in [-0.3, -0.25) is 9.89 Å². The first kappa shape index (κ1) is 18.3. The molecule has 2 saturated heterocycles. The van der Waals surface area contributed by atoms with E-state index < -0.39 is 0 Å². The van der Waals surface area contributed by atoms with Crippen molar-refractivity contribution in [3.8, 4) is 0 Å². The Kier molecular flexibility index (Phi) is 7.70. The maximum Gasteiger partial charge on any atom is 0.193 e. The van der Waals surface area contributed by atoms with E-state index in [-0.39, 0.29) is 24.0 Å². The van der Waals surface area contributed by atoms with E-state index >= 15 is 0 Å². The van der Waals surface area contributed by atoms with Gasteiger partial charge >= 0.3 is 0 Å². The highest BCUT2D eigenvalue weighted by Gasteiger charge is 2.30. The van der Waals surface area contributed by atoms with Crippen molar-refractivity contribution in [1.29, 1.82) is 0 Å². The van der Waals surface area contributed by atoms with Crippen LogP contribution in [-0.4, -0.2) is 74.8 Å². The molecule has 3 fully saturated rings. The molecule has 6 heteroatoms. The van der Waals surface area contributed by atoms with E-state index in [0.717, 1.165) is 50.8 Å². The summed E-state index contributed by atoms with van der Waals surface area (Å²) in [5.41, 5.74) is 0. The number of likely N-dealkylation sites (tertiary alicyclic amines) is 2. The molecule has 3 rings (SSSR count). The number of nitrogens with one attached hydrogen (secondary N) is 1.